The molecule has 0 heterocycles. The van der Waals surface area contributed by atoms with Gasteiger partial charge in [0.15, 0.2) is 18.1 Å². The molecule has 0 unspecified atom stereocenters. The number of carbonyl (C=O) groups excluding carboxylic acids is 1. The van der Waals surface area contributed by atoms with Gasteiger partial charge in [-0.2, -0.15) is 5.10 Å². The van der Waals surface area contributed by atoms with Crippen molar-refractivity contribution in [2.45, 2.75) is 0 Å². The quantitative estimate of drug-likeness (QED) is 0.624. The van der Waals surface area contributed by atoms with Gasteiger partial charge in [0.2, 0.25) is 0 Å². The van der Waals surface area contributed by atoms with E-state index in [0.29, 0.717) is 11.5 Å². The molecule has 0 atom stereocenters. The summed E-state index contributed by atoms with van der Waals surface area (Å²) < 4.78 is 28.4. The normalized spacial score (nSPS) is 10.5. The molecule has 6 nitrogen and oxygen atoms in total. The minimum Gasteiger partial charge on any atom is -0.493 e. The second-order valence-corrected chi connectivity index (χ2v) is 4.65. The zero-order valence-electron chi connectivity index (χ0n) is 13.3. The van der Waals surface area contributed by atoms with Crippen molar-refractivity contribution in [2.24, 2.45) is 5.10 Å². The van der Waals surface area contributed by atoms with Crippen LogP contribution < -0.4 is 19.6 Å². The van der Waals surface area contributed by atoms with Crippen LogP contribution in [-0.4, -0.2) is 32.9 Å². The van der Waals surface area contributed by atoms with Crippen molar-refractivity contribution in [3.8, 4) is 17.2 Å². The summed E-state index contributed by atoms with van der Waals surface area (Å²) in [5.74, 6) is 0.536. The van der Waals surface area contributed by atoms with Crippen LogP contribution in [0.3, 0.4) is 0 Å². The second-order valence-electron chi connectivity index (χ2n) is 4.65. The predicted octanol–water partition coefficient (Wildman–Crippen LogP) is 2.37. The van der Waals surface area contributed by atoms with E-state index in [4.69, 9.17) is 14.2 Å². The Hall–Kier alpha value is -3.09. The van der Waals surface area contributed by atoms with Gasteiger partial charge in [-0.25, -0.2) is 9.82 Å². The molecule has 7 heteroatoms. The summed E-state index contributed by atoms with van der Waals surface area (Å²) in [4.78, 5) is 11.6. The number of hydrazone groups is 1. The first kappa shape index (κ1) is 17.3. The molecular formula is C17H17FN2O4. The van der Waals surface area contributed by atoms with E-state index in [1.54, 1.807) is 31.4 Å². The lowest BCUT2D eigenvalue weighted by Gasteiger charge is -2.07. The lowest BCUT2D eigenvalue weighted by atomic mass is 10.2. The summed E-state index contributed by atoms with van der Waals surface area (Å²) >= 11 is 0. The third kappa shape index (κ3) is 4.98. The van der Waals surface area contributed by atoms with Gasteiger partial charge in [-0.15, -0.1) is 0 Å². The standard InChI is InChI=1S/C17H17FN2O4/c1-22-15-7-6-12(8-16(15)23-2)10-19-20-17(21)11-24-14-5-3-4-13(18)9-14/h3-10H,11H2,1-2H3,(H,20,21)/b19-10-. The number of nitrogens with one attached hydrogen (secondary N) is 1. The lowest BCUT2D eigenvalue weighted by Crippen LogP contribution is -2.24. The summed E-state index contributed by atoms with van der Waals surface area (Å²) in [6.45, 7) is -0.271. The van der Waals surface area contributed by atoms with Crippen molar-refractivity contribution in [3.05, 3.63) is 53.8 Å². The van der Waals surface area contributed by atoms with E-state index in [0.717, 1.165) is 5.56 Å². The zero-order valence-corrected chi connectivity index (χ0v) is 13.3. The average molecular weight is 332 g/mol. The number of rotatable bonds is 7. The minimum atomic E-state index is -0.462. The smallest absolute Gasteiger partial charge is 0.277 e. The molecule has 24 heavy (non-hydrogen) atoms. The van der Waals surface area contributed by atoms with Crippen LogP contribution in [0, 0.1) is 5.82 Å². The van der Waals surface area contributed by atoms with Gasteiger partial charge < -0.3 is 14.2 Å². The fourth-order valence-corrected chi connectivity index (χ4v) is 1.85. The first-order valence-electron chi connectivity index (χ1n) is 7.04. The Bertz CT molecular complexity index is 734. The van der Waals surface area contributed by atoms with Crippen molar-refractivity contribution in [1.29, 1.82) is 0 Å². The highest BCUT2D eigenvalue weighted by Gasteiger charge is 2.04. The van der Waals surface area contributed by atoms with Crippen LogP contribution in [0.1, 0.15) is 5.56 Å². The summed E-state index contributed by atoms with van der Waals surface area (Å²) in [7, 11) is 3.08. The largest absolute Gasteiger partial charge is 0.493 e. The predicted molar refractivity (Wildman–Crippen MR) is 87.2 cm³/mol. The number of benzene rings is 2. The van der Waals surface area contributed by atoms with E-state index >= 15 is 0 Å². The molecule has 1 amide bonds. The van der Waals surface area contributed by atoms with Gasteiger partial charge >= 0.3 is 0 Å². The summed E-state index contributed by atoms with van der Waals surface area (Å²) in [5, 5.41) is 3.83. The molecule has 0 saturated carbocycles. The van der Waals surface area contributed by atoms with E-state index < -0.39 is 11.7 Å². The molecule has 2 rings (SSSR count). The lowest BCUT2D eigenvalue weighted by molar-refractivity contribution is -0.123. The topological polar surface area (TPSA) is 69.2 Å². The molecule has 1 N–H and O–H groups in total. The number of hydrogen-bond acceptors (Lipinski definition) is 5. The highest BCUT2D eigenvalue weighted by atomic mass is 19.1. The molecule has 0 aliphatic rings. The third-order valence-corrected chi connectivity index (χ3v) is 2.98. The SMILES string of the molecule is COc1ccc(/C=N\NC(=O)COc2cccc(F)c2)cc1OC. The van der Waals surface area contributed by atoms with Gasteiger partial charge in [0.1, 0.15) is 11.6 Å². The van der Waals surface area contributed by atoms with E-state index in [-0.39, 0.29) is 12.4 Å². The van der Waals surface area contributed by atoms with Crippen LogP contribution in [0.4, 0.5) is 4.39 Å². The molecule has 0 radical (unpaired) electrons. The Morgan fingerprint density at radius 3 is 2.67 bits per heavy atom. The van der Waals surface area contributed by atoms with Crippen LogP contribution >= 0.6 is 0 Å². The highest BCUT2D eigenvalue weighted by Crippen LogP contribution is 2.26. The molecular weight excluding hydrogens is 315 g/mol. The maximum atomic E-state index is 13.0. The zero-order chi connectivity index (χ0) is 17.4. The summed E-state index contributed by atoms with van der Waals surface area (Å²) in [6, 6.07) is 10.8. The van der Waals surface area contributed by atoms with E-state index in [9.17, 15) is 9.18 Å². The maximum Gasteiger partial charge on any atom is 0.277 e. The van der Waals surface area contributed by atoms with Crippen LogP contribution in [0.2, 0.25) is 0 Å². The van der Waals surface area contributed by atoms with Gasteiger partial charge in [0.05, 0.1) is 20.4 Å². The Morgan fingerprint density at radius 2 is 1.96 bits per heavy atom. The fraction of sp³-hybridized carbons (Fsp3) is 0.176. The number of amides is 1. The number of nitrogens with zero attached hydrogens (tertiary/aromatic N) is 1. The van der Waals surface area contributed by atoms with E-state index in [1.165, 1.54) is 31.5 Å². The highest BCUT2D eigenvalue weighted by molar-refractivity contribution is 5.83. The van der Waals surface area contributed by atoms with Crippen molar-refractivity contribution in [3.63, 3.8) is 0 Å². The Kier molecular flexibility index (Phi) is 6.13. The van der Waals surface area contributed by atoms with Crippen LogP contribution in [-0.2, 0) is 4.79 Å². The van der Waals surface area contributed by atoms with Gasteiger partial charge in [0.25, 0.3) is 5.91 Å². The van der Waals surface area contributed by atoms with Gasteiger partial charge in [0, 0.05) is 6.07 Å². The Balaban J connectivity index is 1.86. The molecule has 0 spiro atoms. The van der Waals surface area contributed by atoms with Crippen molar-refractivity contribution < 1.29 is 23.4 Å². The first-order valence-corrected chi connectivity index (χ1v) is 7.04. The molecule has 0 fully saturated rings. The van der Waals surface area contributed by atoms with Gasteiger partial charge in [-0.05, 0) is 35.9 Å². The fourth-order valence-electron chi connectivity index (χ4n) is 1.85. The monoisotopic (exact) mass is 332 g/mol. The number of halogens is 1. The minimum absolute atomic E-state index is 0.271. The molecule has 0 aliphatic carbocycles. The Labute approximate surface area is 138 Å². The molecule has 126 valence electrons. The molecule has 2 aromatic rings. The van der Waals surface area contributed by atoms with E-state index in [1.807, 2.05) is 0 Å². The number of carbonyl (C=O) groups is 1. The van der Waals surface area contributed by atoms with Gasteiger partial charge in [-0.1, -0.05) is 6.07 Å². The van der Waals surface area contributed by atoms with Crippen molar-refractivity contribution >= 4 is 12.1 Å². The van der Waals surface area contributed by atoms with Crippen LogP contribution in [0.15, 0.2) is 47.6 Å². The molecule has 0 bridgehead atoms. The number of ether oxygens (including phenoxy) is 3. The summed E-state index contributed by atoms with van der Waals surface area (Å²) in [5.41, 5.74) is 3.04. The maximum absolute atomic E-state index is 13.0. The summed E-state index contributed by atoms with van der Waals surface area (Å²) in [6.07, 6.45) is 1.46. The van der Waals surface area contributed by atoms with Crippen molar-refractivity contribution in [1.82, 2.24) is 5.43 Å². The number of methoxy groups -OCH3 is 2. The third-order valence-electron chi connectivity index (χ3n) is 2.98. The first-order chi connectivity index (χ1) is 11.6. The molecule has 0 aromatic heterocycles. The molecule has 2 aromatic carbocycles. The number of hydrogen-bond donors (Lipinski definition) is 1. The molecule has 0 aliphatic heterocycles. The van der Waals surface area contributed by atoms with Crippen LogP contribution in [0.5, 0.6) is 17.2 Å². The van der Waals surface area contributed by atoms with Crippen LogP contribution in [0.25, 0.3) is 0 Å². The molecule has 0 saturated heterocycles. The van der Waals surface area contributed by atoms with E-state index in [2.05, 4.69) is 10.5 Å². The Morgan fingerprint density at radius 1 is 1.17 bits per heavy atom. The van der Waals surface area contributed by atoms with Gasteiger partial charge in [-0.3, -0.25) is 4.79 Å². The second kappa shape index (κ2) is 8.52. The van der Waals surface area contributed by atoms with Crippen molar-refractivity contribution in [2.75, 3.05) is 20.8 Å². The average Bonchev–Trinajstić information content (AvgIpc) is 2.60.